The Bertz CT molecular complexity index is 863. The average Bonchev–Trinajstić information content (AvgIpc) is 2.55. The third-order valence-corrected chi connectivity index (χ3v) is 3.77. The number of halogens is 1. The maximum absolute atomic E-state index is 12.6. The van der Waals surface area contributed by atoms with Crippen molar-refractivity contribution in [3.05, 3.63) is 47.0 Å². The molecule has 2 aromatic rings. The van der Waals surface area contributed by atoms with E-state index in [4.69, 9.17) is 22.1 Å². The quantitative estimate of drug-likeness (QED) is 0.589. The van der Waals surface area contributed by atoms with Crippen LogP contribution in [-0.2, 0) is 0 Å². The number of methoxy groups -OCH3 is 1. The summed E-state index contributed by atoms with van der Waals surface area (Å²) in [6.45, 7) is 5.61. The highest BCUT2D eigenvalue weighted by Crippen LogP contribution is 2.26. The van der Waals surface area contributed by atoms with Crippen molar-refractivity contribution in [1.29, 1.82) is 0 Å². The van der Waals surface area contributed by atoms with E-state index in [0.717, 1.165) is 0 Å². The summed E-state index contributed by atoms with van der Waals surface area (Å²) in [6.07, 6.45) is 0. The Hall–Kier alpha value is -2.93. The standard InChI is InChI=1S/C19H23ClN4O3/c1-19(2,3)24-18(26)23-11-5-7-14(20)13(9-11)17(25)22-12-6-8-16(27-4)15(21)10-12/h5-10H,21H2,1-4H3,(H,22,25)(H2,23,24,26). The zero-order chi connectivity index (χ0) is 20.2. The molecule has 0 fully saturated rings. The van der Waals surface area contributed by atoms with E-state index in [-0.39, 0.29) is 22.2 Å². The summed E-state index contributed by atoms with van der Waals surface area (Å²) in [5, 5.41) is 8.44. The van der Waals surface area contributed by atoms with Crippen molar-refractivity contribution in [2.45, 2.75) is 26.3 Å². The van der Waals surface area contributed by atoms with Crippen molar-refractivity contribution in [3.8, 4) is 5.75 Å². The molecule has 0 saturated heterocycles. The number of nitrogens with one attached hydrogen (secondary N) is 3. The van der Waals surface area contributed by atoms with E-state index in [9.17, 15) is 9.59 Å². The van der Waals surface area contributed by atoms with Crippen LogP contribution in [0.1, 0.15) is 31.1 Å². The van der Waals surface area contributed by atoms with Gasteiger partial charge in [0.1, 0.15) is 5.75 Å². The van der Waals surface area contributed by atoms with E-state index in [0.29, 0.717) is 22.8 Å². The minimum atomic E-state index is -0.426. The van der Waals surface area contributed by atoms with Crippen molar-refractivity contribution >= 4 is 40.6 Å². The molecule has 3 amide bonds. The lowest BCUT2D eigenvalue weighted by atomic mass is 10.1. The Kier molecular flexibility index (Phi) is 6.17. The number of amides is 3. The summed E-state index contributed by atoms with van der Waals surface area (Å²) in [4.78, 5) is 24.6. The molecule has 5 N–H and O–H groups in total. The highest BCUT2D eigenvalue weighted by molar-refractivity contribution is 6.34. The van der Waals surface area contributed by atoms with Crippen molar-refractivity contribution in [2.75, 3.05) is 23.5 Å². The molecule has 0 aromatic heterocycles. The fraction of sp³-hybridized carbons (Fsp3) is 0.263. The molecule has 0 spiro atoms. The van der Waals surface area contributed by atoms with Crippen LogP contribution in [0.3, 0.4) is 0 Å². The third-order valence-electron chi connectivity index (χ3n) is 3.44. The summed E-state index contributed by atoms with van der Waals surface area (Å²) >= 11 is 6.15. The van der Waals surface area contributed by atoms with Gasteiger partial charge in [-0.25, -0.2) is 4.79 Å². The predicted molar refractivity (Wildman–Crippen MR) is 109 cm³/mol. The first-order valence-electron chi connectivity index (χ1n) is 8.22. The van der Waals surface area contributed by atoms with Gasteiger partial charge in [-0.1, -0.05) is 11.6 Å². The molecule has 2 aromatic carbocycles. The number of anilines is 3. The highest BCUT2D eigenvalue weighted by atomic mass is 35.5. The topological polar surface area (TPSA) is 105 Å². The SMILES string of the molecule is COc1ccc(NC(=O)c2cc(NC(=O)NC(C)(C)C)ccc2Cl)cc1N. The number of carbonyl (C=O) groups excluding carboxylic acids is 2. The summed E-state index contributed by atoms with van der Waals surface area (Å²) in [7, 11) is 1.51. The molecule has 0 aliphatic heterocycles. The van der Waals surface area contributed by atoms with Gasteiger partial charge >= 0.3 is 6.03 Å². The van der Waals surface area contributed by atoms with Crippen LogP contribution in [0.25, 0.3) is 0 Å². The van der Waals surface area contributed by atoms with Crippen LogP contribution >= 0.6 is 11.6 Å². The first kappa shape index (κ1) is 20.4. The fourth-order valence-corrected chi connectivity index (χ4v) is 2.49. The van der Waals surface area contributed by atoms with Gasteiger partial charge in [-0.3, -0.25) is 4.79 Å². The molecule has 0 radical (unpaired) electrons. The minimum Gasteiger partial charge on any atom is -0.495 e. The smallest absolute Gasteiger partial charge is 0.319 e. The zero-order valence-electron chi connectivity index (χ0n) is 15.6. The lowest BCUT2D eigenvalue weighted by Crippen LogP contribution is -2.43. The van der Waals surface area contributed by atoms with Crippen molar-refractivity contribution in [2.24, 2.45) is 0 Å². The number of hydrogen-bond acceptors (Lipinski definition) is 4. The zero-order valence-corrected chi connectivity index (χ0v) is 16.4. The monoisotopic (exact) mass is 390 g/mol. The number of nitrogens with two attached hydrogens (primary N) is 1. The molecule has 0 atom stereocenters. The maximum Gasteiger partial charge on any atom is 0.319 e. The van der Waals surface area contributed by atoms with Crippen LogP contribution in [-0.4, -0.2) is 24.6 Å². The van der Waals surface area contributed by atoms with Crippen LogP contribution in [0.5, 0.6) is 5.75 Å². The predicted octanol–water partition coefficient (Wildman–Crippen LogP) is 4.10. The molecule has 27 heavy (non-hydrogen) atoms. The Morgan fingerprint density at radius 2 is 1.67 bits per heavy atom. The van der Waals surface area contributed by atoms with E-state index >= 15 is 0 Å². The van der Waals surface area contributed by atoms with Gasteiger partial charge in [-0.15, -0.1) is 0 Å². The number of rotatable bonds is 4. The number of hydrogen-bond donors (Lipinski definition) is 4. The molecule has 0 saturated carbocycles. The number of nitrogen functional groups attached to an aromatic ring is 1. The number of carbonyl (C=O) groups is 2. The first-order valence-corrected chi connectivity index (χ1v) is 8.60. The van der Waals surface area contributed by atoms with Crippen LogP contribution in [0.2, 0.25) is 5.02 Å². The second kappa shape index (κ2) is 8.18. The van der Waals surface area contributed by atoms with Gasteiger partial charge in [0.05, 0.1) is 23.4 Å². The summed E-state index contributed by atoms with van der Waals surface area (Å²) in [5.41, 5.74) is 7.03. The third kappa shape index (κ3) is 5.79. The fourth-order valence-electron chi connectivity index (χ4n) is 2.29. The van der Waals surface area contributed by atoms with Crippen molar-refractivity contribution in [1.82, 2.24) is 5.32 Å². The molecule has 7 nitrogen and oxygen atoms in total. The molecular formula is C19H23ClN4O3. The molecule has 0 heterocycles. The van der Waals surface area contributed by atoms with Gasteiger partial charge < -0.3 is 26.4 Å². The lowest BCUT2D eigenvalue weighted by molar-refractivity contribution is 0.102. The normalized spacial score (nSPS) is 10.9. The van der Waals surface area contributed by atoms with Crippen molar-refractivity contribution < 1.29 is 14.3 Å². The van der Waals surface area contributed by atoms with Gasteiger partial charge in [0.15, 0.2) is 0 Å². The van der Waals surface area contributed by atoms with Gasteiger partial charge in [-0.05, 0) is 57.2 Å². The second-order valence-corrected chi connectivity index (χ2v) is 7.34. The number of benzene rings is 2. The van der Waals surface area contributed by atoms with Crippen LogP contribution in [0.15, 0.2) is 36.4 Å². The minimum absolute atomic E-state index is 0.222. The Morgan fingerprint density at radius 1 is 1.04 bits per heavy atom. The Balaban J connectivity index is 2.16. The summed E-state index contributed by atoms with van der Waals surface area (Å²) in [5.74, 6) is 0.0894. The number of urea groups is 1. The summed E-state index contributed by atoms with van der Waals surface area (Å²) < 4.78 is 5.09. The van der Waals surface area contributed by atoms with Gasteiger partial charge in [0.25, 0.3) is 5.91 Å². The molecule has 144 valence electrons. The molecule has 8 heteroatoms. The van der Waals surface area contributed by atoms with Gasteiger partial charge in [0.2, 0.25) is 0 Å². The molecular weight excluding hydrogens is 368 g/mol. The molecule has 0 bridgehead atoms. The van der Waals surface area contributed by atoms with Crippen LogP contribution < -0.4 is 26.4 Å². The Morgan fingerprint density at radius 3 is 2.26 bits per heavy atom. The summed E-state index contributed by atoms with van der Waals surface area (Å²) in [6, 6.07) is 9.20. The van der Waals surface area contributed by atoms with Gasteiger partial charge in [-0.2, -0.15) is 0 Å². The molecule has 0 aliphatic rings. The van der Waals surface area contributed by atoms with E-state index < -0.39 is 5.91 Å². The highest BCUT2D eigenvalue weighted by Gasteiger charge is 2.16. The van der Waals surface area contributed by atoms with Crippen LogP contribution in [0, 0.1) is 0 Å². The van der Waals surface area contributed by atoms with E-state index in [1.165, 1.54) is 13.2 Å². The lowest BCUT2D eigenvalue weighted by Gasteiger charge is -2.21. The Labute approximate surface area is 163 Å². The maximum atomic E-state index is 12.6. The largest absolute Gasteiger partial charge is 0.495 e. The van der Waals surface area contributed by atoms with E-state index in [2.05, 4.69) is 16.0 Å². The van der Waals surface area contributed by atoms with E-state index in [1.807, 2.05) is 20.8 Å². The van der Waals surface area contributed by atoms with Gasteiger partial charge in [0, 0.05) is 16.9 Å². The van der Waals surface area contributed by atoms with E-state index in [1.54, 1.807) is 30.3 Å². The number of ether oxygens (including phenoxy) is 1. The first-order chi connectivity index (χ1) is 12.6. The molecule has 0 unspecified atom stereocenters. The second-order valence-electron chi connectivity index (χ2n) is 6.93. The average molecular weight is 391 g/mol. The molecule has 0 aliphatic carbocycles. The molecule has 2 rings (SSSR count). The van der Waals surface area contributed by atoms with Crippen LogP contribution in [0.4, 0.5) is 21.9 Å². The van der Waals surface area contributed by atoms with Crippen molar-refractivity contribution in [3.63, 3.8) is 0 Å².